The molecular formula is C34H51N3O4S. The Hall–Kier alpha value is -3.00. The summed E-state index contributed by atoms with van der Waals surface area (Å²) in [6, 6.07) is 14.0. The quantitative estimate of drug-likeness (QED) is 0.202. The summed E-state index contributed by atoms with van der Waals surface area (Å²) >= 11 is 1.60. The van der Waals surface area contributed by atoms with Crippen LogP contribution in [0.15, 0.2) is 48.5 Å². The number of unbranched alkanes of at least 4 members (excludes halogenated alkanes) is 4. The van der Waals surface area contributed by atoms with Gasteiger partial charge in [0.15, 0.2) is 0 Å². The molecule has 0 aliphatic carbocycles. The number of hydrogen-bond donors (Lipinski definition) is 2. The number of ether oxygens (including phenoxy) is 1. The third-order valence-electron chi connectivity index (χ3n) is 7.10. The predicted molar refractivity (Wildman–Crippen MR) is 174 cm³/mol. The van der Waals surface area contributed by atoms with Gasteiger partial charge in [-0.2, -0.15) is 11.8 Å². The van der Waals surface area contributed by atoms with Crippen LogP contribution in [0.4, 0.5) is 4.79 Å². The molecule has 2 unspecified atom stereocenters. The van der Waals surface area contributed by atoms with Gasteiger partial charge in [-0.15, -0.1) is 0 Å². The Morgan fingerprint density at radius 3 is 2.26 bits per heavy atom. The van der Waals surface area contributed by atoms with Crippen LogP contribution < -0.4 is 10.6 Å². The van der Waals surface area contributed by atoms with E-state index in [9.17, 15) is 14.4 Å². The van der Waals surface area contributed by atoms with Crippen LogP contribution in [0.1, 0.15) is 94.5 Å². The van der Waals surface area contributed by atoms with Gasteiger partial charge in [0, 0.05) is 13.1 Å². The summed E-state index contributed by atoms with van der Waals surface area (Å²) in [4.78, 5) is 42.9. The molecule has 3 amide bonds. The molecule has 7 nitrogen and oxygen atoms in total. The maximum Gasteiger partial charge on any atom is 0.408 e. The van der Waals surface area contributed by atoms with E-state index < -0.39 is 23.8 Å². The summed E-state index contributed by atoms with van der Waals surface area (Å²) in [7, 11) is 0. The van der Waals surface area contributed by atoms with Crippen molar-refractivity contribution in [2.75, 3.05) is 18.6 Å². The molecule has 0 radical (unpaired) electrons. The predicted octanol–water partition coefficient (Wildman–Crippen LogP) is 7.11. The number of aryl methyl sites for hydroxylation is 2. The van der Waals surface area contributed by atoms with E-state index in [4.69, 9.17) is 4.74 Å². The van der Waals surface area contributed by atoms with Crippen molar-refractivity contribution in [1.29, 1.82) is 0 Å². The molecule has 2 atom stereocenters. The van der Waals surface area contributed by atoms with Crippen molar-refractivity contribution in [3.05, 3.63) is 70.8 Å². The van der Waals surface area contributed by atoms with Crippen LogP contribution in [0.3, 0.4) is 0 Å². The molecule has 0 heterocycles. The standard InChI is InChI=1S/C34H51N3O4S/c1-8-9-10-11-15-21-37(32(39)29(20-22-42-7)36-33(40)41-34(4,5)6)30(28-19-18-25(2)26(3)23-28)31(38)35-24-27-16-13-12-14-17-27/h12-14,16-19,23,29-30H,8-11,15,20-22,24H2,1-7H3,(H,35,38)(H,36,40). The molecule has 8 heteroatoms. The summed E-state index contributed by atoms with van der Waals surface area (Å²) in [5.41, 5.74) is 3.20. The van der Waals surface area contributed by atoms with E-state index in [1.807, 2.05) is 68.6 Å². The zero-order chi connectivity index (χ0) is 31.1. The van der Waals surface area contributed by atoms with Crippen molar-refractivity contribution in [3.8, 4) is 0 Å². The van der Waals surface area contributed by atoms with E-state index in [1.54, 1.807) is 37.4 Å². The fourth-order valence-electron chi connectivity index (χ4n) is 4.68. The third-order valence-corrected chi connectivity index (χ3v) is 7.75. The minimum atomic E-state index is -0.844. The first-order chi connectivity index (χ1) is 20.0. The topological polar surface area (TPSA) is 87.7 Å². The highest BCUT2D eigenvalue weighted by Gasteiger charge is 2.36. The minimum absolute atomic E-state index is 0.245. The van der Waals surface area contributed by atoms with Gasteiger partial charge in [0.2, 0.25) is 11.8 Å². The van der Waals surface area contributed by atoms with E-state index in [0.29, 0.717) is 25.3 Å². The summed E-state index contributed by atoms with van der Waals surface area (Å²) in [5, 5.41) is 5.91. The molecule has 232 valence electrons. The van der Waals surface area contributed by atoms with Gasteiger partial charge in [-0.1, -0.05) is 81.1 Å². The first-order valence-corrected chi connectivity index (χ1v) is 16.5. The van der Waals surface area contributed by atoms with Gasteiger partial charge >= 0.3 is 6.09 Å². The largest absolute Gasteiger partial charge is 0.444 e. The smallest absolute Gasteiger partial charge is 0.408 e. The summed E-state index contributed by atoms with van der Waals surface area (Å²) in [5.74, 6) is 0.152. The summed E-state index contributed by atoms with van der Waals surface area (Å²) < 4.78 is 5.51. The minimum Gasteiger partial charge on any atom is -0.444 e. The summed E-state index contributed by atoms with van der Waals surface area (Å²) in [6.07, 6.45) is 6.79. The van der Waals surface area contributed by atoms with Crippen molar-refractivity contribution in [3.63, 3.8) is 0 Å². The average molecular weight is 598 g/mol. The van der Waals surface area contributed by atoms with Gasteiger partial charge in [-0.3, -0.25) is 9.59 Å². The first-order valence-electron chi connectivity index (χ1n) is 15.1. The lowest BCUT2D eigenvalue weighted by molar-refractivity contribution is -0.142. The molecule has 0 saturated heterocycles. The van der Waals surface area contributed by atoms with Crippen molar-refractivity contribution in [2.45, 2.75) is 104 Å². The Balaban J connectivity index is 2.49. The SMILES string of the molecule is CCCCCCCN(C(=O)C(CCSC)NC(=O)OC(C)(C)C)C(C(=O)NCc1ccccc1)c1ccc(C)c(C)c1. The third kappa shape index (κ3) is 12.1. The molecule has 0 fully saturated rings. The molecule has 2 N–H and O–H groups in total. The Morgan fingerprint density at radius 1 is 0.952 bits per heavy atom. The second-order valence-electron chi connectivity index (χ2n) is 11.9. The number of alkyl carbamates (subject to hydrolysis) is 1. The number of nitrogens with zero attached hydrogens (tertiary/aromatic N) is 1. The number of rotatable bonds is 16. The molecule has 0 saturated carbocycles. The van der Waals surface area contributed by atoms with Gasteiger partial charge in [-0.05, 0) is 81.7 Å². The Bertz CT molecular complexity index is 1130. The van der Waals surface area contributed by atoms with Crippen LogP contribution in [0, 0.1) is 13.8 Å². The van der Waals surface area contributed by atoms with Crippen molar-refractivity contribution in [2.24, 2.45) is 0 Å². The highest BCUT2D eigenvalue weighted by Crippen LogP contribution is 2.26. The molecule has 0 spiro atoms. The fourth-order valence-corrected chi connectivity index (χ4v) is 5.16. The average Bonchev–Trinajstić information content (AvgIpc) is 2.94. The number of benzene rings is 2. The van der Waals surface area contributed by atoms with Crippen LogP contribution >= 0.6 is 11.8 Å². The van der Waals surface area contributed by atoms with Crippen molar-refractivity contribution < 1.29 is 19.1 Å². The fraction of sp³-hybridized carbons (Fsp3) is 0.559. The van der Waals surface area contributed by atoms with Gasteiger partial charge < -0.3 is 20.3 Å². The molecular weight excluding hydrogens is 546 g/mol. The number of amides is 3. The van der Waals surface area contributed by atoms with E-state index in [2.05, 4.69) is 17.6 Å². The molecule has 0 aliphatic rings. The van der Waals surface area contributed by atoms with Crippen LogP contribution in [-0.2, 0) is 20.9 Å². The maximum absolute atomic E-state index is 14.4. The number of carbonyl (C=O) groups is 3. The van der Waals surface area contributed by atoms with Gasteiger partial charge in [-0.25, -0.2) is 4.79 Å². The Kier molecular flexibility index (Phi) is 15.0. The van der Waals surface area contributed by atoms with E-state index in [1.165, 1.54) is 0 Å². The van der Waals surface area contributed by atoms with Crippen LogP contribution in [0.5, 0.6) is 0 Å². The highest BCUT2D eigenvalue weighted by atomic mass is 32.2. The Morgan fingerprint density at radius 2 is 1.64 bits per heavy atom. The highest BCUT2D eigenvalue weighted by molar-refractivity contribution is 7.98. The maximum atomic E-state index is 14.4. The number of hydrogen-bond acceptors (Lipinski definition) is 5. The van der Waals surface area contributed by atoms with Gasteiger partial charge in [0.1, 0.15) is 17.7 Å². The molecule has 0 aliphatic heterocycles. The van der Waals surface area contributed by atoms with Crippen LogP contribution in [0.2, 0.25) is 0 Å². The molecule has 2 rings (SSSR count). The second kappa shape index (κ2) is 17.8. The lowest BCUT2D eigenvalue weighted by Gasteiger charge is -2.35. The number of nitrogens with one attached hydrogen (secondary N) is 2. The molecule has 0 bridgehead atoms. The van der Waals surface area contributed by atoms with Crippen molar-refractivity contribution >= 4 is 29.7 Å². The van der Waals surface area contributed by atoms with Gasteiger partial charge in [0.05, 0.1) is 0 Å². The summed E-state index contributed by atoms with van der Waals surface area (Å²) in [6.45, 7) is 12.4. The molecule has 2 aromatic rings. The lowest BCUT2D eigenvalue weighted by Crippen LogP contribution is -2.53. The van der Waals surface area contributed by atoms with E-state index >= 15 is 0 Å². The molecule has 0 aromatic heterocycles. The molecule has 42 heavy (non-hydrogen) atoms. The lowest BCUT2D eigenvalue weighted by atomic mass is 9.97. The zero-order valence-corrected chi connectivity index (χ0v) is 27.4. The first kappa shape index (κ1) is 35.2. The van der Waals surface area contributed by atoms with E-state index in [-0.39, 0.29) is 11.8 Å². The van der Waals surface area contributed by atoms with E-state index in [0.717, 1.165) is 54.4 Å². The normalized spacial score (nSPS) is 12.7. The number of carbonyl (C=O) groups excluding carboxylic acids is 3. The molecule has 2 aromatic carbocycles. The Labute approximate surface area is 257 Å². The van der Waals surface area contributed by atoms with Crippen LogP contribution in [0.25, 0.3) is 0 Å². The van der Waals surface area contributed by atoms with Gasteiger partial charge in [0.25, 0.3) is 0 Å². The zero-order valence-electron chi connectivity index (χ0n) is 26.6. The second-order valence-corrected chi connectivity index (χ2v) is 12.9. The monoisotopic (exact) mass is 597 g/mol. The number of thioether (sulfide) groups is 1. The van der Waals surface area contributed by atoms with Crippen molar-refractivity contribution in [1.82, 2.24) is 15.5 Å². The van der Waals surface area contributed by atoms with Crippen LogP contribution in [-0.4, -0.2) is 53.0 Å².